The summed E-state index contributed by atoms with van der Waals surface area (Å²) in [5.41, 5.74) is -0.451. The average Bonchev–Trinajstić information content (AvgIpc) is 2.78. The second-order valence-electron chi connectivity index (χ2n) is 8.00. The van der Waals surface area contributed by atoms with Crippen LogP contribution < -0.4 is 5.56 Å². The first-order valence-corrected chi connectivity index (χ1v) is 10.5. The molecule has 0 aliphatic rings. The van der Waals surface area contributed by atoms with Crippen LogP contribution in [0.15, 0.2) is 53.3 Å². The fraction of sp³-hybridized carbons (Fsp3) is 0.333. The second kappa shape index (κ2) is 10.1. The lowest BCUT2D eigenvalue weighted by atomic mass is 10.1. The van der Waals surface area contributed by atoms with Crippen molar-refractivity contribution in [2.75, 3.05) is 14.1 Å². The first-order chi connectivity index (χ1) is 16.0. The van der Waals surface area contributed by atoms with Crippen molar-refractivity contribution in [2.45, 2.75) is 38.6 Å². The van der Waals surface area contributed by atoms with Crippen LogP contribution >= 0.6 is 0 Å². The van der Waals surface area contributed by atoms with Crippen LogP contribution in [0.3, 0.4) is 0 Å². The number of carbonyl (C=O) groups is 2. The average molecular weight is 475 g/mol. The van der Waals surface area contributed by atoms with Crippen LogP contribution in [0.2, 0.25) is 0 Å². The maximum atomic E-state index is 13.3. The van der Waals surface area contributed by atoms with Gasteiger partial charge in [0.15, 0.2) is 6.10 Å². The van der Waals surface area contributed by atoms with Gasteiger partial charge < -0.3 is 14.2 Å². The predicted molar refractivity (Wildman–Crippen MR) is 119 cm³/mol. The highest BCUT2D eigenvalue weighted by Crippen LogP contribution is 2.31. The molecule has 1 unspecified atom stereocenters. The van der Waals surface area contributed by atoms with E-state index in [0.29, 0.717) is 0 Å². The Bertz CT molecular complexity index is 1250. The van der Waals surface area contributed by atoms with Gasteiger partial charge in [-0.25, -0.2) is 4.98 Å². The molecule has 0 radical (unpaired) electrons. The van der Waals surface area contributed by atoms with Crippen LogP contribution in [0.5, 0.6) is 0 Å². The maximum Gasteiger partial charge on any atom is 0.416 e. The molecule has 0 N–H and O–H groups in total. The summed E-state index contributed by atoms with van der Waals surface area (Å²) in [6.07, 6.45) is -5.99. The van der Waals surface area contributed by atoms with E-state index in [-0.39, 0.29) is 36.1 Å². The number of carbonyl (C=O) groups excluding carboxylic acids is 2. The van der Waals surface area contributed by atoms with Crippen molar-refractivity contribution in [3.05, 3.63) is 75.7 Å². The van der Waals surface area contributed by atoms with Crippen molar-refractivity contribution in [3.63, 3.8) is 0 Å². The molecule has 0 bridgehead atoms. The zero-order valence-corrected chi connectivity index (χ0v) is 18.9. The first-order valence-electron chi connectivity index (χ1n) is 10.5. The summed E-state index contributed by atoms with van der Waals surface area (Å²) in [6.45, 7) is 1.55. The number of nitrogens with zero attached hydrogens (tertiary/aromatic N) is 3. The van der Waals surface area contributed by atoms with Crippen LogP contribution in [0.1, 0.15) is 30.2 Å². The molecule has 1 atom stereocenters. The number of hydrogen-bond acceptors (Lipinski definition) is 5. The zero-order valence-electron chi connectivity index (χ0n) is 18.9. The van der Waals surface area contributed by atoms with Crippen molar-refractivity contribution in [1.29, 1.82) is 0 Å². The highest BCUT2D eigenvalue weighted by Gasteiger charge is 2.31. The van der Waals surface area contributed by atoms with Crippen molar-refractivity contribution in [2.24, 2.45) is 0 Å². The van der Waals surface area contributed by atoms with E-state index >= 15 is 0 Å². The lowest BCUT2D eigenvalue weighted by Gasteiger charge is -2.17. The minimum Gasteiger partial charge on any atom is -0.453 e. The van der Waals surface area contributed by atoms with Gasteiger partial charge in [0.1, 0.15) is 5.69 Å². The first kappa shape index (κ1) is 24.9. The fourth-order valence-corrected chi connectivity index (χ4v) is 3.45. The Morgan fingerprint density at radius 1 is 1.12 bits per heavy atom. The number of amides is 1. The fourth-order valence-electron chi connectivity index (χ4n) is 3.45. The number of hydrogen-bond donors (Lipinski definition) is 0. The number of likely N-dealkylation sites (N-methyl/N-ethyl adjacent to an activating group) is 1. The molecular weight excluding hydrogens is 451 g/mol. The molecule has 180 valence electrons. The monoisotopic (exact) mass is 475 g/mol. The van der Waals surface area contributed by atoms with E-state index in [1.54, 1.807) is 24.3 Å². The summed E-state index contributed by atoms with van der Waals surface area (Å²) < 4.78 is 46.2. The quantitative estimate of drug-likeness (QED) is 0.489. The summed E-state index contributed by atoms with van der Waals surface area (Å²) >= 11 is 0. The summed E-state index contributed by atoms with van der Waals surface area (Å²) in [5, 5.41) is 0. The van der Waals surface area contributed by atoms with Crippen LogP contribution in [0.4, 0.5) is 13.2 Å². The lowest BCUT2D eigenvalue weighted by Crippen LogP contribution is -2.35. The van der Waals surface area contributed by atoms with Gasteiger partial charge in [0.25, 0.3) is 11.5 Å². The van der Waals surface area contributed by atoms with Crippen LogP contribution in [0.25, 0.3) is 11.0 Å². The smallest absolute Gasteiger partial charge is 0.416 e. The molecule has 3 aromatic rings. The molecule has 0 saturated heterocycles. The van der Waals surface area contributed by atoms with E-state index in [4.69, 9.17) is 4.74 Å². The number of aryl methyl sites for hydroxylation is 1. The molecule has 10 heteroatoms. The van der Waals surface area contributed by atoms with Crippen molar-refractivity contribution < 1.29 is 27.5 Å². The number of halogens is 3. The normalized spacial score (nSPS) is 12.4. The highest BCUT2D eigenvalue weighted by molar-refractivity contribution is 5.83. The molecule has 1 amide bonds. The summed E-state index contributed by atoms with van der Waals surface area (Å²) in [4.78, 5) is 42.7. The molecule has 0 saturated carbocycles. The molecule has 0 spiro atoms. The van der Waals surface area contributed by atoms with Crippen LogP contribution in [-0.4, -0.2) is 46.5 Å². The molecular formula is C24H24F3N3O4. The summed E-state index contributed by atoms with van der Waals surface area (Å²) in [5.74, 6) is -1.12. The topological polar surface area (TPSA) is 81.5 Å². The summed E-state index contributed by atoms with van der Waals surface area (Å²) in [6, 6.07) is 12.0. The van der Waals surface area contributed by atoms with Gasteiger partial charge in [0.05, 0.1) is 29.6 Å². The standard InChI is InChI=1S/C24H24F3N3O4/c1-15(22(32)29(2)3)34-21(31)12-10-18-23(33)30(14-16-7-5-4-6-8-16)20-11-9-17(24(25,26)27)13-19(20)28-18/h4-9,11,13,15H,10,12,14H2,1-3H3. The van der Waals surface area contributed by atoms with Gasteiger partial charge in [-0.05, 0) is 30.7 Å². The molecule has 34 heavy (non-hydrogen) atoms. The minimum atomic E-state index is -4.57. The largest absolute Gasteiger partial charge is 0.453 e. The third-order valence-corrected chi connectivity index (χ3v) is 5.19. The molecule has 3 rings (SSSR count). The molecule has 2 aromatic carbocycles. The van der Waals surface area contributed by atoms with E-state index < -0.39 is 35.3 Å². The number of rotatable bonds is 7. The minimum absolute atomic E-state index is 0.00937. The lowest BCUT2D eigenvalue weighted by molar-refractivity contribution is -0.157. The highest BCUT2D eigenvalue weighted by atomic mass is 19.4. The molecule has 0 aliphatic heterocycles. The van der Waals surface area contributed by atoms with E-state index in [9.17, 15) is 27.6 Å². The Labute approximate surface area is 193 Å². The van der Waals surface area contributed by atoms with Crippen LogP contribution in [0, 0.1) is 0 Å². The Morgan fingerprint density at radius 2 is 1.79 bits per heavy atom. The van der Waals surface area contributed by atoms with E-state index in [1.807, 2.05) is 6.07 Å². The van der Waals surface area contributed by atoms with Gasteiger partial charge in [-0.1, -0.05) is 30.3 Å². The Morgan fingerprint density at radius 3 is 2.41 bits per heavy atom. The van der Waals surface area contributed by atoms with Gasteiger partial charge in [0, 0.05) is 20.5 Å². The van der Waals surface area contributed by atoms with E-state index in [1.165, 1.54) is 36.6 Å². The number of aromatic nitrogens is 2. The van der Waals surface area contributed by atoms with Crippen molar-refractivity contribution >= 4 is 22.9 Å². The van der Waals surface area contributed by atoms with E-state index in [2.05, 4.69) is 4.98 Å². The van der Waals surface area contributed by atoms with Gasteiger partial charge in [-0.2, -0.15) is 13.2 Å². The molecule has 1 heterocycles. The number of alkyl halides is 3. The molecule has 0 fully saturated rings. The zero-order chi connectivity index (χ0) is 25.0. The van der Waals surface area contributed by atoms with Gasteiger partial charge in [-0.3, -0.25) is 14.4 Å². The number of ether oxygens (including phenoxy) is 1. The Kier molecular flexibility index (Phi) is 7.38. The maximum absolute atomic E-state index is 13.3. The van der Waals surface area contributed by atoms with Crippen molar-refractivity contribution in [3.8, 4) is 0 Å². The van der Waals surface area contributed by atoms with Crippen molar-refractivity contribution in [1.82, 2.24) is 14.5 Å². The number of esters is 1. The van der Waals surface area contributed by atoms with Gasteiger partial charge >= 0.3 is 12.1 Å². The molecule has 1 aromatic heterocycles. The molecule has 0 aliphatic carbocycles. The van der Waals surface area contributed by atoms with Crippen LogP contribution in [-0.2, 0) is 33.5 Å². The van der Waals surface area contributed by atoms with Gasteiger partial charge in [0.2, 0.25) is 0 Å². The predicted octanol–water partition coefficient (Wildman–Crippen LogP) is 3.42. The van der Waals surface area contributed by atoms with Gasteiger partial charge in [-0.15, -0.1) is 0 Å². The second-order valence-corrected chi connectivity index (χ2v) is 8.00. The Balaban J connectivity index is 1.95. The molecule has 7 nitrogen and oxygen atoms in total. The van der Waals surface area contributed by atoms with E-state index in [0.717, 1.165) is 17.7 Å². The SMILES string of the molecule is CC(OC(=O)CCc1nc2cc(C(F)(F)F)ccc2n(Cc2ccccc2)c1=O)C(=O)N(C)C. The number of benzene rings is 2. The Hall–Kier alpha value is -3.69. The number of fused-ring (bicyclic) bond motifs is 1. The third kappa shape index (κ3) is 5.81. The summed E-state index contributed by atoms with van der Waals surface area (Å²) in [7, 11) is 3.05. The third-order valence-electron chi connectivity index (χ3n) is 5.19.